The van der Waals surface area contributed by atoms with Gasteiger partial charge in [0.25, 0.3) is 0 Å². The fourth-order valence-corrected chi connectivity index (χ4v) is 3.14. The number of benzene rings is 2. The lowest BCUT2D eigenvalue weighted by Gasteiger charge is -2.13. The lowest BCUT2D eigenvalue weighted by molar-refractivity contribution is 0.322. The topological polar surface area (TPSA) is 91.8 Å². The van der Waals surface area contributed by atoms with E-state index in [0.29, 0.717) is 19.1 Å². The van der Waals surface area contributed by atoms with Gasteiger partial charge in [0.15, 0.2) is 5.96 Å². The zero-order chi connectivity index (χ0) is 19.4. The van der Waals surface area contributed by atoms with Gasteiger partial charge in [-0.15, -0.1) is 0 Å². The van der Waals surface area contributed by atoms with Gasteiger partial charge in [-0.25, -0.2) is 13.1 Å². The molecule has 2 rings (SSSR count). The highest BCUT2D eigenvalue weighted by atomic mass is 32.2. The van der Waals surface area contributed by atoms with Crippen molar-refractivity contribution in [1.29, 1.82) is 0 Å². The van der Waals surface area contributed by atoms with E-state index in [1.165, 1.54) is 0 Å². The minimum atomic E-state index is -3.36. The Morgan fingerprint density at radius 1 is 0.963 bits per heavy atom. The van der Waals surface area contributed by atoms with Crippen molar-refractivity contribution in [3.8, 4) is 5.75 Å². The monoisotopic (exact) mass is 390 g/mol. The van der Waals surface area contributed by atoms with E-state index >= 15 is 0 Å². The van der Waals surface area contributed by atoms with Crippen LogP contribution in [0, 0.1) is 0 Å². The van der Waals surface area contributed by atoms with Crippen LogP contribution in [0.4, 0.5) is 0 Å². The molecule has 0 aromatic heterocycles. The van der Waals surface area contributed by atoms with Crippen molar-refractivity contribution in [2.24, 2.45) is 4.99 Å². The van der Waals surface area contributed by atoms with E-state index < -0.39 is 10.0 Å². The largest absolute Gasteiger partial charge is 0.492 e. The highest BCUT2D eigenvalue weighted by molar-refractivity contribution is 7.89. The standard InChI is InChI=1S/C19H26N4O3S/c1-20-19(21-12-14-26-18-10-6-3-7-11-18)22-13-15-27(24,25)23-16-17-8-4-2-5-9-17/h2-11,23H,12-16H2,1H3,(H2,20,21,22). The second kappa shape index (κ2) is 11.2. The number of hydrogen-bond donors (Lipinski definition) is 3. The molecule has 2 aromatic rings. The molecule has 0 saturated heterocycles. The van der Waals surface area contributed by atoms with Crippen molar-refractivity contribution in [3.63, 3.8) is 0 Å². The summed E-state index contributed by atoms with van der Waals surface area (Å²) in [4.78, 5) is 4.07. The van der Waals surface area contributed by atoms with Gasteiger partial charge >= 0.3 is 0 Å². The number of aliphatic imine (C=N–C) groups is 1. The average Bonchev–Trinajstić information content (AvgIpc) is 2.70. The Morgan fingerprint density at radius 3 is 2.26 bits per heavy atom. The van der Waals surface area contributed by atoms with E-state index in [0.717, 1.165) is 11.3 Å². The Labute approximate surface area is 160 Å². The molecule has 0 heterocycles. The zero-order valence-electron chi connectivity index (χ0n) is 15.4. The predicted octanol–water partition coefficient (Wildman–Crippen LogP) is 1.35. The van der Waals surface area contributed by atoms with Gasteiger partial charge in [0.2, 0.25) is 10.0 Å². The molecule has 0 spiro atoms. The van der Waals surface area contributed by atoms with Crippen LogP contribution >= 0.6 is 0 Å². The first-order valence-corrected chi connectivity index (χ1v) is 10.4. The molecule has 0 saturated carbocycles. The first-order valence-electron chi connectivity index (χ1n) is 8.73. The molecule has 0 aliphatic carbocycles. The number of para-hydroxylation sites is 1. The number of nitrogens with zero attached hydrogens (tertiary/aromatic N) is 1. The van der Waals surface area contributed by atoms with Gasteiger partial charge in [-0.2, -0.15) is 0 Å². The van der Waals surface area contributed by atoms with E-state index in [1.54, 1.807) is 7.05 Å². The third kappa shape index (κ3) is 8.57. The maximum Gasteiger partial charge on any atom is 0.213 e. The van der Waals surface area contributed by atoms with Gasteiger partial charge in [0.1, 0.15) is 12.4 Å². The second-order valence-corrected chi connectivity index (χ2v) is 7.64. The number of hydrogen-bond acceptors (Lipinski definition) is 4. The van der Waals surface area contributed by atoms with Crippen LogP contribution in [0.5, 0.6) is 5.75 Å². The van der Waals surface area contributed by atoms with Crippen LogP contribution in [0.1, 0.15) is 5.56 Å². The van der Waals surface area contributed by atoms with E-state index in [9.17, 15) is 8.42 Å². The summed E-state index contributed by atoms with van der Waals surface area (Å²) in [5.41, 5.74) is 0.921. The van der Waals surface area contributed by atoms with Crippen molar-refractivity contribution in [2.75, 3.05) is 32.5 Å². The molecule has 0 amide bonds. The Morgan fingerprint density at radius 2 is 1.59 bits per heavy atom. The smallest absolute Gasteiger partial charge is 0.213 e. The lowest BCUT2D eigenvalue weighted by Crippen LogP contribution is -2.42. The summed E-state index contributed by atoms with van der Waals surface area (Å²) in [7, 11) is -1.73. The van der Waals surface area contributed by atoms with Crippen LogP contribution in [0.25, 0.3) is 0 Å². The molecular formula is C19H26N4O3S. The Balaban J connectivity index is 1.63. The molecule has 0 fully saturated rings. The van der Waals surface area contributed by atoms with Gasteiger partial charge < -0.3 is 15.4 Å². The molecule has 146 valence electrons. The normalized spacial score (nSPS) is 11.8. The second-order valence-electron chi connectivity index (χ2n) is 5.71. The molecule has 0 bridgehead atoms. The first-order chi connectivity index (χ1) is 13.1. The highest BCUT2D eigenvalue weighted by Crippen LogP contribution is 2.07. The van der Waals surface area contributed by atoms with Crippen LogP contribution in [-0.4, -0.2) is 46.9 Å². The minimum absolute atomic E-state index is 0.0406. The summed E-state index contributed by atoms with van der Waals surface area (Å²) in [6.07, 6.45) is 0. The number of sulfonamides is 1. The Bertz CT molecular complexity index is 796. The van der Waals surface area contributed by atoms with Gasteiger partial charge in [-0.05, 0) is 17.7 Å². The van der Waals surface area contributed by atoms with Crippen LogP contribution in [0.2, 0.25) is 0 Å². The molecule has 0 radical (unpaired) electrons. The van der Waals surface area contributed by atoms with E-state index in [1.807, 2.05) is 60.7 Å². The van der Waals surface area contributed by atoms with Crippen molar-refractivity contribution in [2.45, 2.75) is 6.54 Å². The number of guanidine groups is 1. The lowest BCUT2D eigenvalue weighted by atomic mass is 10.2. The van der Waals surface area contributed by atoms with Crippen molar-refractivity contribution < 1.29 is 13.2 Å². The fraction of sp³-hybridized carbons (Fsp3) is 0.316. The highest BCUT2D eigenvalue weighted by Gasteiger charge is 2.10. The maximum absolute atomic E-state index is 12.1. The Hall–Kier alpha value is -2.58. The van der Waals surface area contributed by atoms with Crippen LogP contribution < -0.4 is 20.1 Å². The Kier molecular flexibility index (Phi) is 8.60. The fourth-order valence-electron chi connectivity index (χ4n) is 2.24. The summed E-state index contributed by atoms with van der Waals surface area (Å²) >= 11 is 0. The van der Waals surface area contributed by atoms with Crippen molar-refractivity contribution >= 4 is 16.0 Å². The van der Waals surface area contributed by atoms with Crippen LogP contribution in [-0.2, 0) is 16.6 Å². The van der Waals surface area contributed by atoms with Crippen molar-refractivity contribution in [3.05, 3.63) is 66.2 Å². The molecule has 8 heteroatoms. The molecule has 2 aromatic carbocycles. The van der Waals surface area contributed by atoms with E-state index in [-0.39, 0.29) is 18.8 Å². The summed E-state index contributed by atoms with van der Waals surface area (Å²) in [6.45, 7) is 1.56. The molecule has 0 unspecified atom stereocenters. The molecule has 3 N–H and O–H groups in total. The third-order valence-corrected chi connectivity index (χ3v) is 4.96. The molecule has 0 aliphatic rings. The zero-order valence-corrected chi connectivity index (χ0v) is 16.2. The van der Waals surface area contributed by atoms with Gasteiger partial charge in [-0.1, -0.05) is 48.5 Å². The predicted molar refractivity (Wildman–Crippen MR) is 108 cm³/mol. The van der Waals surface area contributed by atoms with E-state index in [2.05, 4.69) is 20.3 Å². The quantitative estimate of drug-likeness (QED) is 0.324. The minimum Gasteiger partial charge on any atom is -0.492 e. The number of nitrogens with one attached hydrogen (secondary N) is 3. The molecule has 7 nitrogen and oxygen atoms in total. The summed E-state index contributed by atoms with van der Waals surface area (Å²) in [6, 6.07) is 18.9. The molecule has 0 aliphatic heterocycles. The van der Waals surface area contributed by atoms with Crippen LogP contribution in [0.3, 0.4) is 0 Å². The van der Waals surface area contributed by atoms with Gasteiger partial charge in [0, 0.05) is 20.1 Å². The van der Waals surface area contributed by atoms with Gasteiger partial charge in [-0.3, -0.25) is 4.99 Å². The summed E-state index contributed by atoms with van der Waals surface area (Å²) < 4.78 is 32.3. The first kappa shape index (κ1) is 20.7. The maximum atomic E-state index is 12.1. The van der Waals surface area contributed by atoms with E-state index in [4.69, 9.17) is 4.74 Å². The van der Waals surface area contributed by atoms with Gasteiger partial charge in [0.05, 0.1) is 12.3 Å². The van der Waals surface area contributed by atoms with Crippen LogP contribution in [0.15, 0.2) is 65.7 Å². The average molecular weight is 391 g/mol. The summed E-state index contributed by atoms with van der Waals surface area (Å²) in [5.74, 6) is 1.30. The third-order valence-electron chi connectivity index (χ3n) is 3.63. The molecule has 0 atom stereocenters. The van der Waals surface area contributed by atoms with Crippen molar-refractivity contribution in [1.82, 2.24) is 15.4 Å². The molecular weight excluding hydrogens is 364 g/mol. The number of ether oxygens (including phenoxy) is 1. The SMILES string of the molecule is CN=C(NCCOc1ccccc1)NCCS(=O)(=O)NCc1ccccc1. The molecule has 27 heavy (non-hydrogen) atoms. The summed E-state index contributed by atoms with van der Waals surface area (Å²) in [5, 5.41) is 6.07. The number of rotatable bonds is 10.